The largest absolute Gasteiger partial charge is 0.369 e. The van der Waals surface area contributed by atoms with Gasteiger partial charge in [-0.2, -0.15) is 0 Å². The molecule has 2 heterocycles. The predicted octanol–water partition coefficient (Wildman–Crippen LogP) is 4.31. The van der Waals surface area contributed by atoms with Gasteiger partial charge in [0, 0.05) is 69.3 Å². The number of likely N-dealkylation sites (N-methyl/N-ethyl adjacent to an activating group) is 1. The Morgan fingerprint density at radius 2 is 1.49 bits per heavy atom. The summed E-state index contributed by atoms with van der Waals surface area (Å²) in [5.41, 5.74) is 7.61. The van der Waals surface area contributed by atoms with Crippen LogP contribution in [0.15, 0.2) is 66.7 Å². The van der Waals surface area contributed by atoms with Crippen LogP contribution in [0.25, 0.3) is 11.1 Å². The SMILES string of the molecule is Cc1ccc(N2CCN(C)CC2)cc1C(=O)N[C@H](C)c1cccc(-c2ccc(N3CCNCC3)cc2)c1. The highest BCUT2D eigenvalue weighted by Gasteiger charge is 2.19. The lowest BCUT2D eigenvalue weighted by Crippen LogP contribution is -2.44. The fraction of sp³-hybridized carbons (Fsp3) is 0.387. The Balaban J connectivity index is 1.27. The third-order valence-corrected chi connectivity index (χ3v) is 7.75. The minimum atomic E-state index is -0.0979. The van der Waals surface area contributed by atoms with E-state index >= 15 is 0 Å². The number of nitrogens with one attached hydrogen (secondary N) is 2. The first-order valence-corrected chi connectivity index (χ1v) is 13.5. The Bertz CT molecular complexity index is 1210. The van der Waals surface area contributed by atoms with E-state index < -0.39 is 0 Å². The molecule has 1 amide bonds. The highest BCUT2D eigenvalue weighted by Crippen LogP contribution is 2.27. The van der Waals surface area contributed by atoms with Crippen LogP contribution in [-0.4, -0.2) is 70.2 Å². The predicted molar refractivity (Wildman–Crippen MR) is 154 cm³/mol. The molecule has 0 unspecified atom stereocenters. The molecule has 0 bridgehead atoms. The van der Waals surface area contributed by atoms with Gasteiger partial charge in [-0.1, -0.05) is 36.4 Å². The van der Waals surface area contributed by atoms with E-state index in [9.17, 15) is 4.79 Å². The zero-order valence-corrected chi connectivity index (χ0v) is 22.3. The van der Waals surface area contributed by atoms with Crippen molar-refractivity contribution in [2.75, 3.05) is 69.2 Å². The van der Waals surface area contributed by atoms with E-state index in [-0.39, 0.29) is 11.9 Å². The highest BCUT2D eigenvalue weighted by atomic mass is 16.1. The molecular weight excluding hydrogens is 458 g/mol. The second-order valence-corrected chi connectivity index (χ2v) is 10.4. The Hall–Kier alpha value is -3.35. The van der Waals surface area contributed by atoms with Gasteiger partial charge >= 0.3 is 0 Å². The normalized spacial score (nSPS) is 17.5. The lowest BCUT2D eigenvalue weighted by Gasteiger charge is -2.34. The fourth-order valence-corrected chi connectivity index (χ4v) is 5.25. The number of rotatable bonds is 6. The van der Waals surface area contributed by atoms with E-state index in [4.69, 9.17) is 0 Å². The molecule has 6 heteroatoms. The standard InChI is InChI=1S/C31H39N5O/c1-23-7-10-29(36-19-17-34(3)18-20-36)22-30(23)31(37)33-24(2)26-5-4-6-27(21-26)25-8-11-28(12-9-25)35-15-13-32-14-16-35/h4-12,21-22,24,32H,13-20H2,1-3H3,(H,33,37)/t24-/m1/s1. The number of hydrogen-bond acceptors (Lipinski definition) is 5. The van der Waals surface area contributed by atoms with Crippen LogP contribution in [-0.2, 0) is 0 Å². The Labute approximate surface area is 221 Å². The van der Waals surface area contributed by atoms with Gasteiger partial charge < -0.3 is 25.3 Å². The maximum atomic E-state index is 13.3. The number of carbonyl (C=O) groups is 1. The molecule has 6 nitrogen and oxygen atoms in total. The summed E-state index contributed by atoms with van der Waals surface area (Å²) < 4.78 is 0. The summed E-state index contributed by atoms with van der Waals surface area (Å²) in [5.74, 6) is -0.0215. The Morgan fingerprint density at radius 3 is 2.22 bits per heavy atom. The summed E-state index contributed by atoms with van der Waals surface area (Å²) in [6, 6.07) is 23.5. The molecular formula is C31H39N5O. The van der Waals surface area contributed by atoms with E-state index in [0.29, 0.717) is 0 Å². The average Bonchev–Trinajstić information content (AvgIpc) is 2.94. The van der Waals surface area contributed by atoms with Crippen LogP contribution in [0.2, 0.25) is 0 Å². The van der Waals surface area contributed by atoms with E-state index in [1.54, 1.807) is 0 Å². The first kappa shape index (κ1) is 25.3. The van der Waals surface area contributed by atoms with Gasteiger partial charge in [-0.05, 0) is 73.5 Å². The van der Waals surface area contributed by atoms with Gasteiger partial charge in [-0.25, -0.2) is 0 Å². The zero-order valence-electron chi connectivity index (χ0n) is 22.3. The minimum absolute atomic E-state index is 0.0215. The molecule has 0 spiro atoms. The lowest BCUT2D eigenvalue weighted by atomic mass is 9.99. The van der Waals surface area contributed by atoms with Crippen molar-refractivity contribution in [1.82, 2.24) is 15.5 Å². The van der Waals surface area contributed by atoms with Crippen LogP contribution in [0.3, 0.4) is 0 Å². The average molecular weight is 498 g/mol. The summed E-state index contributed by atoms with van der Waals surface area (Å²) in [4.78, 5) is 20.5. The van der Waals surface area contributed by atoms with Gasteiger partial charge in [0.05, 0.1) is 6.04 Å². The molecule has 0 radical (unpaired) electrons. The molecule has 3 aromatic carbocycles. The monoisotopic (exact) mass is 497 g/mol. The van der Waals surface area contributed by atoms with E-state index in [1.807, 2.05) is 6.92 Å². The number of benzene rings is 3. The summed E-state index contributed by atoms with van der Waals surface area (Å²) in [5, 5.41) is 6.65. The third kappa shape index (κ3) is 5.97. The molecule has 2 saturated heterocycles. The number of carbonyl (C=O) groups excluding carboxylic acids is 1. The van der Waals surface area contributed by atoms with Crippen molar-refractivity contribution in [2.45, 2.75) is 19.9 Å². The van der Waals surface area contributed by atoms with Gasteiger partial charge in [-0.15, -0.1) is 0 Å². The highest BCUT2D eigenvalue weighted by molar-refractivity contribution is 5.97. The van der Waals surface area contributed by atoms with Crippen molar-refractivity contribution in [3.05, 3.63) is 83.4 Å². The second-order valence-electron chi connectivity index (χ2n) is 10.4. The zero-order chi connectivity index (χ0) is 25.8. The number of hydrogen-bond donors (Lipinski definition) is 2. The summed E-state index contributed by atoms with van der Waals surface area (Å²) in [6.07, 6.45) is 0. The van der Waals surface area contributed by atoms with Gasteiger partial charge in [-0.3, -0.25) is 4.79 Å². The first-order valence-electron chi connectivity index (χ1n) is 13.5. The molecule has 3 aromatic rings. The summed E-state index contributed by atoms with van der Waals surface area (Å²) in [7, 11) is 2.16. The quantitative estimate of drug-likeness (QED) is 0.532. The molecule has 0 aromatic heterocycles. The second kappa shape index (κ2) is 11.4. The van der Waals surface area contributed by atoms with Gasteiger partial charge in [0.2, 0.25) is 0 Å². The summed E-state index contributed by atoms with van der Waals surface area (Å²) >= 11 is 0. The van der Waals surface area contributed by atoms with Crippen LogP contribution in [0, 0.1) is 6.92 Å². The maximum absolute atomic E-state index is 13.3. The van der Waals surface area contributed by atoms with Crippen LogP contribution in [0.1, 0.15) is 34.5 Å². The number of nitrogens with zero attached hydrogens (tertiary/aromatic N) is 3. The molecule has 1 atom stereocenters. The molecule has 2 aliphatic heterocycles. The van der Waals surface area contributed by atoms with Crippen molar-refractivity contribution in [1.29, 1.82) is 0 Å². The first-order chi connectivity index (χ1) is 18.0. The molecule has 0 aliphatic carbocycles. The third-order valence-electron chi connectivity index (χ3n) is 7.75. The molecule has 2 N–H and O–H groups in total. The van der Waals surface area contributed by atoms with Crippen LogP contribution in [0.4, 0.5) is 11.4 Å². The lowest BCUT2D eigenvalue weighted by molar-refractivity contribution is 0.0939. The van der Waals surface area contributed by atoms with Gasteiger partial charge in [0.25, 0.3) is 5.91 Å². The Morgan fingerprint density at radius 1 is 0.811 bits per heavy atom. The van der Waals surface area contributed by atoms with Crippen molar-refractivity contribution in [3.63, 3.8) is 0 Å². The van der Waals surface area contributed by atoms with Crippen LogP contribution < -0.4 is 20.4 Å². The molecule has 194 valence electrons. The molecule has 2 aliphatic rings. The van der Waals surface area contributed by atoms with Crippen molar-refractivity contribution < 1.29 is 4.79 Å². The molecule has 0 saturated carbocycles. The van der Waals surface area contributed by atoms with Crippen molar-refractivity contribution in [2.24, 2.45) is 0 Å². The van der Waals surface area contributed by atoms with E-state index in [1.165, 1.54) is 16.8 Å². The van der Waals surface area contributed by atoms with Crippen molar-refractivity contribution >= 4 is 17.3 Å². The number of aryl methyl sites for hydroxylation is 1. The van der Waals surface area contributed by atoms with E-state index in [2.05, 4.69) is 106 Å². The smallest absolute Gasteiger partial charge is 0.252 e. The molecule has 2 fully saturated rings. The van der Waals surface area contributed by atoms with E-state index in [0.717, 1.165) is 74.7 Å². The number of piperazine rings is 2. The number of anilines is 2. The van der Waals surface area contributed by atoms with Crippen LogP contribution in [0.5, 0.6) is 0 Å². The molecule has 5 rings (SSSR count). The topological polar surface area (TPSA) is 50.9 Å². The fourth-order valence-electron chi connectivity index (χ4n) is 5.25. The van der Waals surface area contributed by atoms with Gasteiger partial charge in [0.1, 0.15) is 0 Å². The van der Waals surface area contributed by atoms with Gasteiger partial charge in [0.15, 0.2) is 0 Å². The van der Waals surface area contributed by atoms with Crippen LogP contribution >= 0.6 is 0 Å². The number of amides is 1. The summed E-state index contributed by atoms with van der Waals surface area (Å²) in [6.45, 7) is 12.3. The van der Waals surface area contributed by atoms with Crippen molar-refractivity contribution in [3.8, 4) is 11.1 Å². The maximum Gasteiger partial charge on any atom is 0.252 e. The minimum Gasteiger partial charge on any atom is -0.369 e. The Kier molecular flexibility index (Phi) is 7.77. The molecule has 37 heavy (non-hydrogen) atoms.